The summed E-state index contributed by atoms with van der Waals surface area (Å²) in [4.78, 5) is 12.4. The molecule has 1 atom stereocenters. The average Bonchev–Trinajstić information content (AvgIpc) is 2.96. The first-order chi connectivity index (χ1) is 13.7. The van der Waals surface area contributed by atoms with Crippen molar-refractivity contribution in [1.29, 1.82) is 0 Å². The highest BCUT2D eigenvalue weighted by Gasteiger charge is 2.14. The molecule has 2 aromatic rings. The first-order valence-corrected chi connectivity index (χ1v) is 10.2. The van der Waals surface area contributed by atoms with Crippen molar-refractivity contribution < 1.29 is 14.3 Å². The van der Waals surface area contributed by atoms with Gasteiger partial charge >= 0.3 is 0 Å². The van der Waals surface area contributed by atoms with Gasteiger partial charge in [-0.1, -0.05) is 18.2 Å². The van der Waals surface area contributed by atoms with Crippen LogP contribution in [0.4, 0.5) is 5.69 Å². The normalized spacial score (nSPS) is 16.6. The average molecular weight is 380 g/mol. The number of anilines is 1. The van der Waals surface area contributed by atoms with Gasteiger partial charge in [0.2, 0.25) is 5.91 Å². The number of hydrogen-bond donors (Lipinski definition) is 2. The van der Waals surface area contributed by atoms with Crippen molar-refractivity contribution in [2.45, 2.75) is 45.1 Å². The van der Waals surface area contributed by atoms with E-state index in [1.54, 1.807) is 0 Å². The van der Waals surface area contributed by atoms with E-state index in [2.05, 4.69) is 35.8 Å². The van der Waals surface area contributed by atoms with Crippen LogP contribution in [0.15, 0.2) is 36.4 Å². The number of carbonyl (C=O) groups is 1. The van der Waals surface area contributed by atoms with Gasteiger partial charge in [0.05, 0.1) is 19.8 Å². The molecule has 1 amide bonds. The van der Waals surface area contributed by atoms with E-state index in [-0.39, 0.29) is 18.5 Å². The molecular formula is C23H28N2O3. The Hall–Kier alpha value is -2.53. The van der Waals surface area contributed by atoms with Gasteiger partial charge in [0.15, 0.2) is 11.5 Å². The minimum atomic E-state index is -0.0701. The van der Waals surface area contributed by atoms with Crippen LogP contribution in [0.25, 0.3) is 0 Å². The number of ether oxygens (including phenoxy) is 2. The number of amides is 1. The van der Waals surface area contributed by atoms with E-state index in [9.17, 15) is 4.79 Å². The lowest BCUT2D eigenvalue weighted by Gasteiger charge is -2.20. The fraction of sp³-hybridized carbons (Fsp3) is 0.435. The zero-order valence-corrected chi connectivity index (χ0v) is 16.4. The maximum Gasteiger partial charge on any atom is 0.238 e. The third-order valence-electron chi connectivity index (χ3n) is 5.47. The quantitative estimate of drug-likeness (QED) is 0.823. The molecule has 0 bridgehead atoms. The minimum absolute atomic E-state index is 0.0701. The van der Waals surface area contributed by atoms with Gasteiger partial charge in [0, 0.05) is 24.2 Å². The van der Waals surface area contributed by atoms with E-state index < -0.39 is 0 Å². The Morgan fingerprint density at radius 2 is 1.75 bits per heavy atom. The fourth-order valence-corrected chi connectivity index (χ4v) is 3.83. The molecule has 0 aromatic heterocycles. The zero-order valence-electron chi connectivity index (χ0n) is 16.4. The van der Waals surface area contributed by atoms with E-state index in [1.165, 1.54) is 42.4 Å². The van der Waals surface area contributed by atoms with Gasteiger partial charge < -0.3 is 20.1 Å². The Bertz CT molecular complexity index is 850. The molecule has 4 rings (SSSR count). The van der Waals surface area contributed by atoms with Crippen molar-refractivity contribution in [2.75, 3.05) is 25.1 Å². The van der Waals surface area contributed by atoms with E-state index in [0.717, 1.165) is 17.9 Å². The van der Waals surface area contributed by atoms with E-state index in [4.69, 9.17) is 9.47 Å². The molecule has 1 aliphatic carbocycles. The van der Waals surface area contributed by atoms with Crippen LogP contribution in [0.1, 0.15) is 48.9 Å². The molecule has 5 heteroatoms. The van der Waals surface area contributed by atoms with E-state index >= 15 is 0 Å². The van der Waals surface area contributed by atoms with Gasteiger partial charge in [0.1, 0.15) is 0 Å². The lowest BCUT2D eigenvalue weighted by molar-refractivity contribution is -0.115. The molecule has 0 spiro atoms. The molecule has 2 aromatic carbocycles. The van der Waals surface area contributed by atoms with Gasteiger partial charge in [-0.05, 0) is 61.4 Å². The summed E-state index contributed by atoms with van der Waals surface area (Å²) in [6, 6.07) is 12.4. The minimum Gasteiger partial charge on any atom is -0.490 e. The largest absolute Gasteiger partial charge is 0.490 e. The molecule has 5 nitrogen and oxygen atoms in total. The lowest BCUT2D eigenvalue weighted by Crippen LogP contribution is -2.30. The summed E-state index contributed by atoms with van der Waals surface area (Å²) >= 11 is 0. The van der Waals surface area contributed by atoms with Gasteiger partial charge in [-0.3, -0.25) is 4.79 Å². The topological polar surface area (TPSA) is 59.6 Å². The number of benzene rings is 2. The molecule has 1 heterocycles. The summed E-state index contributed by atoms with van der Waals surface area (Å²) in [6.07, 6.45) is 5.78. The SMILES string of the molecule is C[C@H](NCC(=O)Nc1ccc2c(c1)OCCCO2)c1ccc2c(c1)CCCC2. The zero-order chi connectivity index (χ0) is 19.3. The third-order valence-corrected chi connectivity index (χ3v) is 5.47. The first-order valence-electron chi connectivity index (χ1n) is 10.2. The number of carbonyl (C=O) groups excluding carboxylic acids is 1. The Morgan fingerprint density at radius 1 is 0.964 bits per heavy atom. The van der Waals surface area contributed by atoms with Gasteiger partial charge in [-0.15, -0.1) is 0 Å². The third kappa shape index (κ3) is 4.47. The van der Waals surface area contributed by atoms with Crippen LogP contribution < -0.4 is 20.1 Å². The van der Waals surface area contributed by atoms with Gasteiger partial charge in [-0.25, -0.2) is 0 Å². The molecule has 2 aliphatic rings. The standard InChI is InChI=1S/C23H28N2O3/c1-16(18-8-7-17-5-2-3-6-19(17)13-18)24-15-23(26)25-20-9-10-21-22(14-20)28-12-4-11-27-21/h7-10,13-14,16,24H,2-6,11-12,15H2,1H3,(H,25,26)/t16-/m0/s1. The molecule has 0 unspecified atom stereocenters. The Balaban J connectivity index is 1.32. The van der Waals surface area contributed by atoms with Gasteiger partial charge in [0.25, 0.3) is 0 Å². The molecule has 0 saturated carbocycles. The highest BCUT2D eigenvalue weighted by Crippen LogP contribution is 2.32. The van der Waals surface area contributed by atoms with Crippen molar-refractivity contribution in [3.8, 4) is 11.5 Å². The van der Waals surface area contributed by atoms with Crippen molar-refractivity contribution in [3.63, 3.8) is 0 Å². The summed E-state index contributed by atoms with van der Waals surface area (Å²) in [6.45, 7) is 3.64. The molecule has 2 N–H and O–H groups in total. The number of aryl methyl sites for hydroxylation is 2. The Kier molecular flexibility index (Phi) is 5.81. The number of nitrogens with one attached hydrogen (secondary N) is 2. The maximum atomic E-state index is 12.4. The predicted molar refractivity (Wildman–Crippen MR) is 110 cm³/mol. The second-order valence-corrected chi connectivity index (χ2v) is 7.60. The fourth-order valence-electron chi connectivity index (χ4n) is 3.83. The molecule has 28 heavy (non-hydrogen) atoms. The van der Waals surface area contributed by atoms with Crippen LogP contribution in [0.2, 0.25) is 0 Å². The van der Waals surface area contributed by atoms with Crippen LogP contribution in [-0.4, -0.2) is 25.7 Å². The second kappa shape index (κ2) is 8.65. The van der Waals surface area contributed by atoms with Crippen LogP contribution in [-0.2, 0) is 17.6 Å². The summed E-state index contributed by atoms with van der Waals surface area (Å²) in [7, 11) is 0. The van der Waals surface area contributed by atoms with Crippen molar-refractivity contribution >= 4 is 11.6 Å². The smallest absolute Gasteiger partial charge is 0.238 e. The Morgan fingerprint density at radius 3 is 2.61 bits per heavy atom. The van der Waals surface area contributed by atoms with Crippen molar-refractivity contribution in [2.24, 2.45) is 0 Å². The van der Waals surface area contributed by atoms with Crippen LogP contribution >= 0.6 is 0 Å². The summed E-state index contributed by atoms with van der Waals surface area (Å²) in [5, 5.41) is 6.26. The predicted octanol–water partition coefficient (Wildman–Crippen LogP) is 4.02. The number of rotatable bonds is 5. The lowest BCUT2D eigenvalue weighted by atomic mass is 9.89. The van der Waals surface area contributed by atoms with Crippen LogP contribution in [0.3, 0.4) is 0 Å². The Labute approximate surface area is 166 Å². The monoisotopic (exact) mass is 380 g/mol. The molecule has 1 aliphatic heterocycles. The number of hydrogen-bond acceptors (Lipinski definition) is 4. The summed E-state index contributed by atoms with van der Waals surface area (Å²) in [5.74, 6) is 1.35. The highest BCUT2D eigenvalue weighted by atomic mass is 16.5. The van der Waals surface area contributed by atoms with Crippen molar-refractivity contribution in [3.05, 3.63) is 53.1 Å². The molecule has 0 radical (unpaired) electrons. The summed E-state index contributed by atoms with van der Waals surface area (Å²) in [5.41, 5.74) is 4.91. The summed E-state index contributed by atoms with van der Waals surface area (Å²) < 4.78 is 11.3. The van der Waals surface area contributed by atoms with Gasteiger partial charge in [-0.2, -0.15) is 0 Å². The molecule has 148 valence electrons. The maximum absolute atomic E-state index is 12.4. The molecule has 0 saturated heterocycles. The first kappa shape index (κ1) is 18.8. The van der Waals surface area contributed by atoms with E-state index in [1.807, 2.05) is 18.2 Å². The van der Waals surface area contributed by atoms with Crippen LogP contribution in [0.5, 0.6) is 11.5 Å². The molecular weight excluding hydrogens is 352 g/mol. The second-order valence-electron chi connectivity index (χ2n) is 7.60. The van der Waals surface area contributed by atoms with Crippen LogP contribution in [0, 0.1) is 0 Å². The van der Waals surface area contributed by atoms with E-state index in [0.29, 0.717) is 19.0 Å². The van der Waals surface area contributed by atoms with Crippen molar-refractivity contribution in [1.82, 2.24) is 5.32 Å². The number of fused-ring (bicyclic) bond motifs is 2. The molecule has 0 fully saturated rings. The highest BCUT2D eigenvalue weighted by molar-refractivity contribution is 5.92.